The van der Waals surface area contributed by atoms with Gasteiger partial charge in [-0.2, -0.15) is 5.10 Å². The maximum absolute atomic E-state index is 12.7. The number of fused-ring (bicyclic) bond motifs is 1. The molecule has 0 fully saturated rings. The van der Waals surface area contributed by atoms with Crippen LogP contribution in [0.3, 0.4) is 0 Å². The average Bonchev–Trinajstić information content (AvgIpc) is 3.23. The Bertz CT molecular complexity index is 1380. The Morgan fingerprint density at radius 2 is 1.56 bits per heavy atom. The van der Waals surface area contributed by atoms with Crippen LogP contribution in [0.4, 0.5) is 5.69 Å². The Kier molecular flexibility index (Phi) is 6.77. The van der Waals surface area contributed by atoms with Gasteiger partial charge < -0.3 is 9.52 Å². The molecular formula is C24H21N5O7. The van der Waals surface area contributed by atoms with Gasteiger partial charge in [-0.3, -0.25) is 35.3 Å². The molecule has 1 aliphatic rings. The van der Waals surface area contributed by atoms with Crippen molar-refractivity contribution in [3.8, 4) is 5.75 Å². The first-order chi connectivity index (χ1) is 17.2. The number of furan rings is 1. The van der Waals surface area contributed by atoms with Crippen molar-refractivity contribution in [3.05, 3.63) is 92.4 Å². The maximum atomic E-state index is 12.7. The third-order valence-corrected chi connectivity index (χ3v) is 5.58. The lowest BCUT2D eigenvalue weighted by Crippen LogP contribution is -2.41. The number of nitrogens with zero attached hydrogens (tertiary/aromatic N) is 2. The van der Waals surface area contributed by atoms with Crippen LogP contribution in [-0.4, -0.2) is 33.5 Å². The largest absolute Gasteiger partial charge is 0.508 e. The number of carbonyl (C=O) groups excluding carboxylic acids is 3. The van der Waals surface area contributed by atoms with Crippen molar-refractivity contribution in [1.82, 2.24) is 16.3 Å². The average molecular weight is 491 g/mol. The van der Waals surface area contributed by atoms with Crippen LogP contribution in [0.2, 0.25) is 0 Å². The molecule has 184 valence electrons. The van der Waals surface area contributed by atoms with Gasteiger partial charge in [-0.05, 0) is 56.2 Å². The Morgan fingerprint density at radius 3 is 2.22 bits per heavy atom. The first-order valence-corrected chi connectivity index (χ1v) is 10.9. The summed E-state index contributed by atoms with van der Waals surface area (Å²) in [4.78, 5) is 47.5. The van der Waals surface area contributed by atoms with Crippen molar-refractivity contribution < 1.29 is 28.8 Å². The fourth-order valence-electron chi connectivity index (χ4n) is 3.77. The zero-order valence-electron chi connectivity index (χ0n) is 19.0. The van der Waals surface area contributed by atoms with Crippen molar-refractivity contribution in [2.24, 2.45) is 5.10 Å². The molecule has 3 aromatic rings. The summed E-state index contributed by atoms with van der Waals surface area (Å²) in [6.07, 6.45) is 1.83. The maximum Gasteiger partial charge on any atom is 0.305 e. The molecule has 12 nitrogen and oxygen atoms in total. The van der Waals surface area contributed by atoms with Gasteiger partial charge in [0.25, 0.3) is 17.5 Å². The SMILES string of the molecule is Cc1c(C(=O)NNC(=O)c2ccc([N+](=O)[O-])cc2)oc2c1/C(=N/NC(=O)c1ccc(O)cc1)CCC2. The summed E-state index contributed by atoms with van der Waals surface area (Å²) in [5.74, 6) is -1.23. The predicted molar refractivity (Wildman–Crippen MR) is 127 cm³/mol. The van der Waals surface area contributed by atoms with Crippen LogP contribution in [0.5, 0.6) is 5.75 Å². The van der Waals surface area contributed by atoms with Gasteiger partial charge in [0.1, 0.15) is 11.5 Å². The summed E-state index contributed by atoms with van der Waals surface area (Å²) in [6.45, 7) is 1.68. The van der Waals surface area contributed by atoms with Crippen LogP contribution in [0.15, 0.2) is 58.0 Å². The summed E-state index contributed by atoms with van der Waals surface area (Å²) >= 11 is 0. The number of aromatic hydroxyl groups is 1. The van der Waals surface area contributed by atoms with E-state index in [-0.39, 0.29) is 22.8 Å². The Labute approximate surface area is 204 Å². The van der Waals surface area contributed by atoms with E-state index in [1.807, 2.05) is 0 Å². The highest BCUT2D eigenvalue weighted by Gasteiger charge is 2.28. The molecule has 0 saturated carbocycles. The minimum absolute atomic E-state index is 0.0107. The fraction of sp³-hybridized carbons (Fsp3) is 0.167. The molecule has 3 amide bonds. The lowest BCUT2D eigenvalue weighted by Gasteiger charge is -2.13. The van der Waals surface area contributed by atoms with Crippen LogP contribution in [0.25, 0.3) is 0 Å². The highest BCUT2D eigenvalue weighted by molar-refractivity contribution is 6.07. The number of hydrogen-bond donors (Lipinski definition) is 4. The number of phenolic OH excluding ortho intramolecular Hbond substituents is 1. The molecule has 0 bridgehead atoms. The van der Waals surface area contributed by atoms with Gasteiger partial charge in [0.05, 0.1) is 10.6 Å². The lowest BCUT2D eigenvalue weighted by atomic mass is 9.93. The number of hydrogen-bond acceptors (Lipinski definition) is 8. The van der Waals surface area contributed by atoms with Gasteiger partial charge in [-0.25, -0.2) is 5.43 Å². The van der Waals surface area contributed by atoms with Gasteiger partial charge in [-0.1, -0.05) is 0 Å². The number of hydrazone groups is 1. The number of non-ortho nitro benzene ring substituents is 1. The molecule has 1 aromatic heterocycles. The fourth-order valence-corrected chi connectivity index (χ4v) is 3.77. The smallest absolute Gasteiger partial charge is 0.305 e. The second-order valence-electron chi connectivity index (χ2n) is 7.97. The van der Waals surface area contributed by atoms with Crippen LogP contribution in [0, 0.1) is 17.0 Å². The molecule has 1 aliphatic carbocycles. The minimum atomic E-state index is -0.690. The van der Waals surface area contributed by atoms with Crippen molar-refractivity contribution in [1.29, 1.82) is 0 Å². The zero-order valence-corrected chi connectivity index (χ0v) is 19.0. The topological polar surface area (TPSA) is 176 Å². The van der Waals surface area contributed by atoms with E-state index in [1.165, 1.54) is 48.5 Å². The molecule has 0 atom stereocenters. The van der Waals surface area contributed by atoms with Crippen molar-refractivity contribution in [2.75, 3.05) is 0 Å². The molecule has 12 heteroatoms. The quantitative estimate of drug-likeness (QED) is 0.313. The Balaban J connectivity index is 1.45. The summed E-state index contributed by atoms with van der Waals surface area (Å²) in [7, 11) is 0. The number of amides is 3. The van der Waals surface area contributed by atoms with E-state index in [4.69, 9.17) is 4.42 Å². The predicted octanol–water partition coefficient (Wildman–Crippen LogP) is 2.75. The van der Waals surface area contributed by atoms with E-state index in [0.717, 1.165) is 0 Å². The Morgan fingerprint density at radius 1 is 0.944 bits per heavy atom. The molecular weight excluding hydrogens is 470 g/mol. The molecule has 0 unspecified atom stereocenters. The van der Waals surface area contributed by atoms with E-state index in [9.17, 15) is 29.6 Å². The summed E-state index contributed by atoms with van der Waals surface area (Å²) in [5, 5.41) is 24.3. The molecule has 0 radical (unpaired) electrons. The number of carbonyl (C=O) groups is 3. The number of nitrogens with one attached hydrogen (secondary N) is 3. The van der Waals surface area contributed by atoms with E-state index in [1.54, 1.807) is 6.92 Å². The van der Waals surface area contributed by atoms with E-state index in [2.05, 4.69) is 21.4 Å². The molecule has 1 heterocycles. The number of benzene rings is 2. The number of hydrazine groups is 1. The lowest BCUT2D eigenvalue weighted by molar-refractivity contribution is -0.384. The molecule has 0 spiro atoms. The number of aryl methyl sites for hydroxylation is 1. The first-order valence-electron chi connectivity index (χ1n) is 10.9. The highest BCUT2D eigenvalue weighted by atomic mass is 16.6. The van der Waals surface area contributed by atoms with Crippen LogP contribution >= 0.6 is 0 Å². The van der Waals surface area contributed by atoms with Gasteiger partial charge in [-0.15, -0.1) is 0 Å². The summed E-state index contributed by atoms with van der Waals surface area (Å²) < 4.78 is 5.75. The molecule has 4 rings (SSSR count). The van der Waals surface area contributed by atoms with Crippen molar-refractivity contribution in [2.45, 2.75) is 26.2 Å². The molecule has 0 aliphatic heterocycles. The second kappa shape index (κ2) is 10.1. The molecule has 36 heavy (non-hydrogen) atoms. The normalized spacial score (nSPS) is 13.5. The van der Waals surface area contributed by atoms with E-state index >= 15 is 0 Å². The first kappa shape index (κ1) is 24.1. The van der Waals surface area contributed by atoms with Crippen molar-refractivity contribution in [3.63, 3.8) is 0 Å². The van der Waals surface area contributed by atoms with Gasteiger partial charge in [0.2, 0.25) is 0 Å². The number of nitro benzene ring substituents is 1. The summed E-state index contributed by atoms with van der Waals surface area (Å²) in [5.41, 5.74) is 8.98. The molecule has 4 N–H and O–H groups in total. The third-order valence-electron chi connectivity index (χ3n) is 5.58. The van der Waals surface area contributed by atoms with Crippen LogP contribution < -0.4 is 16.3 Å². The molecule has 0 saturated heterocycles. The zero-order chi connectivity index (χ0) is 25.8. The monoisotopic (exact) mass is 491 g/mol. The second-order valence-corrected chi connectivity index (χ2v) is 7.97. The number of nitro groups is 1. The molecule has 2 aromatic carbocycles. The van der Waals surface area contributed by atoms with Gasteiger partial charge in [0.15, 0.2) is 5.76 Å². The number of rotatable bonds is 5. The van der Waals surface area contributed by atoms with E-state index in [0.29, 0.717) is 47.4 Å². The minimum Gasteiger partial charge on any atom is -0.508 e. The summed E-state index contributed by atoms with van der Waals surface area (Å²) in [6, 6.07) is 10.6. The number of phenols is 1. The van der Waals surface area contributed by atoms with Gasteiger partial charge >= 0.3 is 5.91 Å². The van der Waals surface area contributed by atoms with Crippen LogP contribution in [-0.2, 0) is 6.42 Å². The Hall–Kier alpha value is -5.00. The van der Waals surface area contributed by atoms with Crippen molar-refractivity contribution >= 4 is 29.1 Å². The highest BCUT2D eigenvalue weighted by Crippen LogP contribution is 2.29. The van der Waals surface area contributed by atoms with Crippen LogP contribution in [0.1, 0.15) is 61.0 Å². The third kappa shape index (κ3) is 5.06. The van der Waals surface area contributed by atoms with E-state index < -0.39 is 22.6 Å². The van der Waals surface area contributed by atoms with Gasteiger partial charge in [0, 0.05) is 40.8 Å². The standard InChI is InChI=1S/C24H21N5O7/c1-13-20-18(25-26-22(31)15-7-11-17(30)12-8-15)3-2-4-19(20)36-21(13)24(33)28-27-23(32)14-5-9-16(10-6-14)29(34)35/h5-12,30H,2-4H2,1H3,(H,26,31)(H,27,32)(H,28,33)/b25-18+.